The number of imidazole rings is 1. The fourth-order valence-electron chi connectivity index (χ4n) is 3.59. The third-order valence-electron chi connectivity index (χ3n) is 5.07. The summed E-state index contributed by atoms with van der Waals surface area (Å²) in [6.07, 6.45) is 2.74. The summed E-state index contributed by atoms with van der Waals surface area (Å²) >= 11 is 0. The zero-order valence-corrected chi connectivity index (χ0v) is 19.3. The molecule has 10 heteroatoms. The summed E-state index contributed by atoms with van der Waals surface area (Å²) in [5, 5.41) is 2.81. The molecule has 0 aliphatic carbocycles. The standard InChI is InChI=1S/C23H24N6O3S/c1-15-14-16(2)25-23(24-15)28-33(31,32)19-9-7-18(8-10-19)27-22(30)12-11-20-17(3)26-21-6-4-5-13-29(20)21/h4-10,13-14H,11-12H2,1-3H3,(H,27,30)(H,24,25,28). The number of pyridine rings is 1. The van der Waals surface area contributed by atoms with E-state index in [1.807, 2.05) is 35.7 Å². The smallest absolute Gasteiger partial charge is 0.264 e. The van der Waals surface area contributed by atoms with E-state index in [-0.39, 0.29) is 23.2 Å². The van der Waals surface area contributed by atoms with E-state index in [1.165, 1.54) is 12.1 Å². The molecule has 3 aromatic heterocycles. The molecule has 0 atom stereocenters. The van der Waals surface area contributed by atoms with E-state index in [2.05, 4.69) is 25.0 Å². The molecule has 1 amide bonds. The first-order chi connectivity index (χ1) is 15.7. The molecule has 0 unspecified atom stereocenters. The lowest BCUT2D eigenvalue weighted by Gasteiger charge is -2.09. The summed E-state index contributed by atoms with van der Waals surface area (Å²) in [6, 6.07) is 13.5. The fraction of sp³-hybridized carbons (Fsp3) is 0.217. The van der Waals surface area contributed by atoms with Crippen molar-refractivity contribution in [1.29, 1.82) is 0 Å². The number of nitrogens with zero attached hydrogens (tertiary/aromatic N) is 4. The molecule has 0 bridgehead atoms. The molecule has 1 aromatic carbocycles. The molecule has 0 aliphatic heterocycles. The Kier molecular flexibility index (Phi) is 6.10. The molecule has 0 aliphatic rings. The molecular formula is C23H24N6O3S. The normalized spacial score (nSPS) is 11.5. The third kappa shape index (κ3) is 5.17. The van der Waals surface area contributed by atoms with Crippen LogP contribution in [0.15, 0.2) is 59.6 Å². The minimum Gasteiger partial charge on any atom is -0.326 e. The Balaban J connectivity index is 1.39. The molecule has 2 N–H and O–H groups in total. The number of hydrogen-bond donors (Lipinski definition) is 2. The SMILES string of the molecule is Cc1cc(C)nc(NS(=O)(=O)c2ccc(NC(=O)CCc3c(C)nc4ccccn34)cc2)n1. The molecule has 33 heavy (non-hydrogen) atoms. The highest BCUT2D eigenvalue weighted by Crippen LogP contribution is 2.18. The monoisotopic (exact) mass is 464 g/mol. The molecule has 0 fully saturated rings. The van der Waals surface area contributed by atoms with Crippen LogP contribution in [-0.2, 0) is 21.2 Å². The minimum atomic E-state index is -3.85. The second-order valence-electron chi connectivity index (χ2n) is 7.73. The van der Waals surface area contributed by atoms with Gasteiger partial charge in [-0.1, -0.05) is 6.07 Å². The molecule has 4 rings (SSSR count). The van der Waals surface area contributed by atoms with Gasteiger partial charge in [0.1, 0.15) is 5.65 Å². The van der Waals surface area contributed by atoms with Crippen LogP contribution in [0, 0.1) is 20.8 Å². The molecule has 0 radical (unpaired) electrons. The number of aryl methyl sites for hydroxylation is 4. The zero-order chi connectivity index (χ0) is 23.6. The van der Waals surface area contributed by atoms with Crippen molar-refractivity contribution in [3.8, 4) is 0 Å². The molecule has 4 aromatic rings. The highest BCUT2D eigenvalue weighted by atomic mass is 32.2. The predicted molar refractivity (Wildman–Crippen MR) is 126 cm³/mol. The first kappa shape index (κ1) is 22.4. The summed E-state index contributed by atoms with van der Waals surface area (Å²) in [5.74, 6) is -0.148. The summed E-state index contributed by atoms with van der Waals surface area (Å²) in [4.78, 5) is 25.2. The first-order valence-electron chi connectivity index (χ1n) is 10.4. The molecule has 9 nitrogen and oxygen atoms in total. The van der Waals surface area contributed by atoms with E-state index in [0.717, 1.165) is 17.0 Å². The second-order valence-corrected chi connectivity index (χ2v) is 9.41. The summed E-state index contributed by atoms with van der Waals surface area (Å²) in [6.45, 7) is 5.46. The second kappa shape index (κ2) is 8.99. The molecule has 3 heterocycles. The van der Waals surface area contributed by atoms with Crippen molar-refractivity contribution in [2.75, 3.05) is 10.0 Å². The number of nitrogens with one attached hydrogen (secondary N) is 2. The van der Waals surface area contributed by atoms with Gasteiger partial charge in [0.2, 0.25) is 11.9 Å². The van der Waals surface area contributed by atoms with Gasteiger partial charge in [0.05, 0.1) is 10.6 Å². The zero-order valence-electron chi connectivity index (χ0n) is 18.5. The lowest BCUT2D eigenvalue weighted by Crippen LogP contribution is -2.16. The van der Waals surface area contributed by atoms with Crippen LogP contribution in [-0.4, -0.2) is 33.7 Å². The average molecular weight is 465 g/mol. The summed E-state index contributed by atoms with van der Waals surface area (Å²) in [7, 11) is -3.85. The van der Waals surface area contributed by atoms with Crippen LogP contribution in [0.2, 0.25) is 0 Å². The van der Waals surface area contributed by atoms with Crippen LogP contribution in [0.5, 0.6) is 0 Å². The van der Waals surface area contributed by atoms with Crippen molar-refractivity contribution >= 4 is 33.2 Å². The minimum absolute atomic E-state index is 0.0209. The van der Waals surface area contributed by atoms with Crippen LogP contribution in [0.25, 0.3) is 5.65 Å². The summed E-state index contributed by atoms with van der Waals surface area (Å²) < 4.78 is 29.7. The maximum absolute atomic E-state index is 12.6. The van der Waals surface area contributed by atoms with Gasteiger partial charge < -0.3 is 9.72 Å². The van der Waals surface area contributed by atoms with Crippen molar-refractivity contribution in [1.82, 2.24) is 19.4 Å². The van der Waals surface area contributed by atoms with Gasteiger partial charge in [-0.3, -0.25) is 4.79 Å². The van der Waals surface area contributed by atoms with Gasteiger partial charge in [-0.05, 0) is 69.7 Å². The molecule has 170 valence electrons. The van der Waals surface area contributed by atoms with Gasteiger partial charge in [0.15, 0.2) is 0 Å². The maximum atomic E-state index is 12.6. The van der Waals surface area contributed by atoms with Gasteiger partial charge >= 0.3 is 0 Å². The van der Waals surface area contributed by atoms with Crippen molar-refractivity contribution in [2.24, 2.45) is 0 Å². The van der Waals surface area contributed by atoms with Crippen molar-refractivity contribution in [3.05, 3.63) is 77.5 Å². The summed E-state index contributed by atoms with van der Waals surface area (Å²) in [5.41, 5.74) is 4.57. The molecular weight excluding hydrogens is 440 g/mol. The topological polar surface area (TPSA) is 118 Å². The number of hydrogen-bond acceptors (Lipinski definition) is 6. The number of rotatable bonds is 7. The van der Waals surface area contributed by atoms with E-state index >= 15 is 0 Å². The van der Waals surface area contributed by atoms with Gasteiger partial charge in [-0.2, -0.15) is 0 Å². The Morgan fingerprint density at radius 3 is 2.36 bits per heavy atom. The Hall–Kier alpha value is -3.79. The van der Waals surface area contributed by atoms with E-state index in [1.54, 1.807) is 32.0 Å². The van der Waals surface area contributed by atoms with Gasteiger partial charge in [-0.25, -0.2) is 28.1 Å². The van der Waals surface area contributed by atoms with Crippen LogP contribution < -0.4 is 10.0 Å². The molecule has 0 saturated carbocycles. The number of fused-ring (bicyclic) bond motifs is 1. The third-order valence-corrected chi connectivity index (χ3v) is 6.42. The van der Waals surface area contributed by atoms with Crippen molar-refractivity contribution in [2.45, 2.75) is 38.5 Å². The largest absolute Gasteiger partial charge is 0.326 e. The maximum Gasteiger partial charge on any atom is 0.264 e. The van der Waals surface area contributed by atoms with Crippen LogP contribution in [0.1, 0.15) is 29.2 Å². The van der Waals surface area contributed by atoms with E-state index < -0.39 is 10.0 Å². The first-order valence-corrected chi connectivity index (χ1v) is 11.9. The Labute approximate surface area is 192 Å². The average Bonchev–Trinajstić information content (AvgIpc) is 3.06. The number of sulfonamides is 1. The number of benzene rings is 1. The van der Waals surface area contributed by atoms with Gasteiger partial charge in [0.25, 0.3) is 10.0 Å². The number of amides is 1. The van der Waals surface area contributed by atoms with Gasteiger partial charge in [0, 0.05) is 35.4 Å². The van der Waals surface area contributed by atoms with Crippen molar-refractivity contribution < 1.29 is 13.2 Å². The highest BCUT2D eigenvalue weighted by Gasteiger charge is 2.17. The van der Waals surface area contributed by atoms with Crippen LogP contribution in [0.4, 0.5) is 11.6 Å². The predicted octanol–water partition coefficient (Wildman–Crippen LogP) is 3.42. The Morgan fingerprint density at radius 1 is 0.970 bits per heavy atom. The van der Waals surface area contributed by atoms with E-state index in [0.29, 0.717) is 23.5 Å². The fourth-order valence-corrected chi connectivity index (χ4v) is 4.53. The quantitative estimate of drug-likeness (QED) is 0.433. The van der Waals surface area contributed by atoms with Crippen LogP contribution in [0.3, 0.4) is 0 Å². The highest BCUT2D eigenvalue weighted by molar-refractivity contribution is 7.92. The molecule has 0 spiro atoms. The Bertz CT molecular complexity index is 1410. The van der Waals surface area contributed by atoms with Crippen molar-refractivity contribution in [3.63, 3.8) is 0 Å². The number of anilines is 2. The number of carbonyl (C=O) groups excluding carboxylic acids is 1. The van der Waals surface area contributed by atoms with Gasteiger partial charge in [-0.15, -0.1) is 0 Å². The Morgan fingerprint density at radius 2 is 1.67 bits per heavy atom. The van der Waals surface area contributed by atoms with E-state index in [9.17, 15) is 13.2 Å². The van der Waals surface area contributed by atoms with E-state index in [4.69, 9.17) is 0 Å². The number of aromatic nitrogens is 4. The molecule has 0 saturated heterocycles. The lowest BCUT2D eigenvalue weighted by molar-refractivity contribution is -0.116. The lowest BCUT2D eigenvalue weighted by atomic mass is 10.2. The number of carbonyl (C=O) groups is 1. The van der Waals surface area contributed by atoms with Crippen LogP contribution >= 0.6 is 0 Å².